The number of amides is 2. The van der Waals surface area contributed by atoms with Gasteiger partial charge in [-0.25, -0.2) is 9.59 Å². The van der Waals surface area contributed by atoms with Crippen molar-refractivity contribution in [3.05, 3.63) is 82.0 Å². The van der Waals surface area contributed by atoms with Gasteiger partial charge in [-0.3, -0.25) is 0 Å². The Bertz CT molecular complexity index is 832. The van der Waals surface area contributed by atoms with E-state index >= 15 is 0 Å². The van der Waals surface area contributed by atoms with Crippen LogP contribution in [0.4, 0.5) is 4.79 Å². The first kappa shape index (κ1) is 18.0. The summed E-state index contributed by atoms with van der Waals surface area (Å²) in [4.78, 5) is 24.5. The van der Waals surface area contributed by atoms with Gasteiger partial charge in [-0.1, -0.05) is 54.1 Å². The van der Waals surface area contributed by atoms with Crippen LogP contribution < -0.4 is 10.6 Å². The predicted molar refractivity (Wildman–Crippen MR) is 99.7 cm³/mol. The van der Waals surface area contributed by atoms with Gasteiger partial charge in [-0.15, -0.1) is 0 Å². The first-order chi connectivity index (χ1) is 12.5. The van der Waals surface area contributed by atoms with Crippen LogP contribution in [0.25, 0.3) is 0 Å². The molecule has 134 valence electrons. The van der Waals surface area contributed by atoms with Crippen molar-refractivity contribution in [3.63, 3.8) is 0 Å². The molecule has 6 heteroatoms. The number of urea groups is 1. The van der Waals surface area contributed by atoms with Gasteiger partial charge in [0.05, 0.1) is 18.2 Å². The average Bonchev–Trinajstić information content (AvgIpc) is 2.62. The second kappa shape index (κ2) is 8.06. The fourth-order valence-corrected chi connectivity index (χ4v) is 2.98. The molecule has 0 aliphatic carbocycles. The summed E-state index contributed by atoms with van der Waals surface area (Å²) in [5.74, 6) is -0.453. The van der Waals surface area contributed by atoms with Crippen LogP contribution in [0, 0.1) is 0 Å². The van der Waals surface area contributed by atoms with Crippen molar-refractivity contribution in [3.8, 4) is 0 Å². The fraction of sp³-hybridized carbons (Fsp3) is 0.200. The largest absolute Gasteiger partial charge is 0.462 e. The molecule has 3 rings (SSSR count). The molecule has 0 aromatic heterocycles. The molecular formula is C20H19ClN2O3. The quantitative estimate of drug-likeness (QED) is 0.787. The molecule has 26 heavy (non-hydrogen) atoms. The normalized spacial score (nSPS) is 16.7. The summed E-state index contributed by atoms with van der Waals surface area (Å²) in [5, 5.41) is 5.99. The van der Waals surface area contributed by atoms with Gasteiger partial charge in [0.15, 0.2) is 0 Å². The number of rotatable bonds is 5. The lowest BCUT2D eigenvalue weighted by Crippen LogP contribution is -2.45. The van der Waals surface area contributed by atoms with Gasteiger partial charge in [0.2, 0.25) is 0 Å². The van der Waals surface area contributed by atoms with Crippen molar-refractivity contribution < 1.29 is 14.3 Å². The molecule has 0 radical (unpaired) electrons. The third-order valence-electron chi connectivity index (χ3n) is 4.16. The second-order valence-corrected chi connectivity index (χ2v) is 6.43. The van der Waals surface area contributed by atoms with Crippen molar-refractivity contribution in [1.29, 1.82) is 0 Å². The monoisotopic (exact) mass is 370 g/mol. The highest BCUT2D eigenvalue weighted by Gasteiger charge is 2.32. The smallest absolute Gasteiger partial charge is 0.338 e. The van der Waals surface area contributed by atoms with E-state index in [-0.39, 0.29) is 12.6 Å². The summed E-state index contributed by atoms with van der Waals surface area (Å²) < 4.78 is 5.45. The molecule has 0 bridgehead atoms. The molecule has 0 unspecified atom stereocenters. The summed E-state index contributed by atoms with van der Waals surface area (Å²) in [7, 11) is 0. The third kappa shape index (κ3) is 4.24. The molecule has 2 aromatic carbocycles. The molecule has 2 aromatic rings. The van der Waals surface area contributed by atoms with Gasteiger partial charge in [0.1, 0.15) is 0 Å². The van der Waals surface area contributed by atoms with Gasteiger partial charge in [-0.05, 0) is 30.2 Å². The Hall–Kier alpha value is -2.79. The van der Waals surface area contributed by atoms with Crippen LogP contribution in [0.15, 0.2) is 65.9 Å². The van der Waals surface area contributed by atoms with E-state index in [1.54, 1.807) is 31.2 Å². The van der Waals surface area contributed by atoms with Gasteiger partial charge in [0, 0.05) is 17.1 Å². The molecule has 0 saturated carbocycles. The van der Waals surface area contributed by atoms with Crippen LogP contribution in [-0.4, -0.2) is 18.6 Å². The standard InChI is InChI=1S/C20H19ClN2O3/c1-13-17(19(24)26-12-11-14-5-3-2-4-6-14)18(23-20(25)22-13)15-7-9-16(21)10-8-15/h2-10,18H,11-12H2,1H3,(H2,22,23,25)/t18-/m0/s1. The third-order valence-corrected chi connectivity index (χ3v) is 4.41. The SMILES string of the molecule is CC1=C(C(=O)OCCc2ccccc2)[C@H](c2ccc(Cl)cc2)NC(=O)N1. The zero-order valence-corrected chi connectivity index (χ0v) is 15.0. The van der Waals surface area contributed by atoms with Gasteiger partial charge >= 0.3 is 12.0 Å². The molecule has 1 aliphatic heterocycles. The lowest BCUT2D eigenvalue weighted by Gasteiger charge is -2.28. The maximum absolute atomic E-state index is 12.7. The molecule has 0 fully saturated rings. The number of carbonyl (C=O) groups excluding carboxylic acids is 2. The van der Waals surface area contributed by atoms with Gasteiger partial charge in [0.25, 0.3) is 0 Å². The van der Waals surface area contributed by atoms with Gasteiger partial charge in [-0.2, -0.15) is 0 Å². The molecule has 1 atom stereocenters. The first-order valence-electron chi connectivity index (χ1n) is 8.29. The van der Waals surface area contributed by atoms with E-state index in [0.29, 0.717) is 22.7 Å². The van der Waals surface area contributed by atoms with Crippen molar-refractivity contribution in [1.82, 2.24) is 10.6 Å². The Labute approximate surface area is 157 Å². The highest BCUT2D eigenvalue weighted by atomic mass is 35.5. The molecule has 2 N–H and O–H groups in total. The zero-order chi connectivity index (χ0) is 18.5. The summed E-state index contributed by atoms with van der Waals surface area (Å²) in [6, 6.07) is 15.9. The molecule has 1 heterocycles. The van der Waals surface area contributed by atoms with E-state index in [4.69, 9.17) is 16.3 Å². The Kier molecular flexibility index (Phi) is 5.58. The van der Waals surface area contributed by atoms with E-state index in [1.165, 1.54) is 0 Å². The van der Waals surface area contributed by atoms with Crippen LogP contribution in [0.3, 0.4) is 0 Å². The topological polar surface area (TPSA) is 67.4 Å². The van der Waals surface area contributed by atoms with Crippen LogP contribution >= 0.6 is 11.6 Å². The average molecular weight is 371 g/mol. The molecule has 0 saturated heterocycles. The van der Waals surface area contributed by atoms with Crippen molar-refractivity contribution in [2.24, 2.45) is 0 Å². The van der Waals surface area contributed by atoms with Crippen LogP contribution in [-0.2, 0) is 16.0 Å². The number of allylic oxidation sites excluding steroid dienone is 1. The van der Waals surface area contributed by atoms with E-state index < -0.39 is 12.0 Å². The van der Waals surface area contributed by atoms with E-state index in [1.807, 2.05) is 30.3 Å². The minimum atomic E-state index is -0.578. The Morgan fingerprint density at radius 3 is 2.50 bits per heavy atom. The van der Waals surface area contributed by atoms with Gasteiger partial charge < -0.3 is 15.4 Å². The number of ether oxygens (including phenoxy) is 1. The summed E-state index contributed by atoms with van der Waals surface area (Å²) in [6.07, 6.45) is 0.629. The van der Waals surface area contributed by atoms with Crippen LogP contribution in [0.1, 0.15) is 24.1 Å². The van der Waals surface area contributed by atoms with Crippen molar-refractivity contribution in [2.75, 3.05) is 6.61 Å². The fourth-order valence-electron chi connectivity index (χ4n) is 2.85. The minimum Gasteiger partial charge on any atom is -0.462 e. The minimum absolute atomic E-state index is 0.265. The number of esters is 1. The zero-order valence-electron chi connectivity index (χ0n) is 14.3. The predicted octanol–water partition coefficient (Wildman–Crippen LogP) is 3.75. The van der Waals surface area contributed by atoms with Crippen LogP contribution in [0.5, 0.6) is 0 Å². The Morgan fingerprint density at radius 1 is 1.12 bits per heavy atom. The Morgan fingerprint density at radius 2 is 1.81 bits per heavy atom. The summed E-state index contributed by atoms with van der Waals surface area (Å²) in [6.45, 7) is 1.95. The van der Waals surface area contributed by atoms with E-state index in [2.05, 4.69) is 10.6 Å². The van der Waals surface area contributed by atoms with E-state index in [9.17, 15) is 9.59 Å². The number of nitrogens with one attached hydrogen (secondary N) is 2. The number of hydrogen-bond acceptors (Lipinski definition) is 3. The van der Waals surface area contributed by atoms with Crippen molar-refractivity contribution in [2.45, 2.75) is 19.4 Å². The maximum Gasteiger partial charge on any atom is 0.338 e. The first-order valence-corrected chi connectivity index (χ1v) is 8.67. The second-order valence-electron chi connectivity index (χ2n) is 5.99. The number of benzene rings is 2. The van der Waals surface area contributed by atoms with Crippen LogP contribution in [0.2, 0.25) is 5.02 Å². The Balaban J connectivity index is 1.75. The summed E-state index contributed by atoms with van der Waals surface area (Å²) >= 11 is 5.93. The number of carbonyl (C=O) groups is 2. The highest BCUT2D eigenvalue weighted by molar-refractivity contribution is 6.30. The molecule has 2 amide bonds. The molecular weight excluding hydrogens is 352 g/mol. The van der Waals surface area contributed by atoms with Crippen molar-refractivity contribution >= 4 is 23.6 Å². The highest BCUT2D eigenvalue weighted by Crippen LogP contribution is 2.28. The molecule has 5 nitrogen and oxygen atoms in total. The molecule has 1 aliphatic rings. The number of halogens is 1. The maximum atomic E-state index is 12.7. The van der Waals surface area contributed by atoms with E-state index in [0.717, 1.165) is 11.1 Å². The number of hydrogen-bond donors (Lipinski definition) is 2. The molecule has 0 spiro atoms. The lowest BCUT2D eigenvalue weighted by molar-refractivity contribution is -0.139. The lowest BCUT2D eigenvalue weighted by atomic mass is 9.95. The summed E-state index contributed by atoms with van der Waals surface area (Å²) in [5.41, 5.74) is 2.73.